The van der Waals surface area contributed by atoms with Crippen LogP contribution in [0.25, 0.3) is 0 Å². The van der Waals surface area contributed by atoms with Crippen molar-refractivity contribution in [1.29, 1.82) is 0 Å². The van der Waals surface area contributed by atoms with Crippen molar-refractivity contribution < 1.29 is 9.90 Å². The molecule has 2 rings (SSSR count). The first-order valence-electron chi connectivity index (χ1n) is 7.85. The van der Waals surface area contributed by atoms with Gasteiger partial charge in [0.15, 0.2) is 5.78 Å². The molecule has 1 aliphatic rings. The van der Waals surface area contributed by atoms with Gasteiger partial charge in [-0.05, 0) is 53.4 Å². The first kappa shape index (κ1) is 16.7. The molecule has 0 amide bonds. The molecule has 1 aromatic rings. The Hall–Kier alpha value is -1.69. The average molecular weight is 306 g/mol. The molecule has 6 heteroatoms. The number of hydrogen-bond acceptors (Lipinski definition) is 6. The van der Waals surface area contributed by atoms with Crippen molar-refractivity contribution in [3.05, 3.63) is 11.8 Å². The topological polar surface area (TPSA) is 87.1 Å². The van der Waals surface area contributed by atoms with Crippen molar-refractivity contribution in [2.75, 3.05) is 10.6 Å². The van der Waals surface area contributed by atoms with Crippen LogP contribution in [0, 0.1) is 0 Å². The van der Waals surface area contributed by atoms with Gasteiger partial charge in [-0.3, -0.25) is 4.79 Å². The number of aliphatic hydroxyl groups excluding tert-OH is 1. The molecule has 1 aromatic heterocycles. The van der Waals surface area contributed by atoms with Crippen LogP contribution < -0.4 is 10.6 Å². The second kappa shape index (κ2) is 6.60. The van der Waals surface area contributed by atoms with Gasteiger partial charge in [-0.2, -0.15) is 4.98 Å². The van der Waals surface area contributed by atoms with Gasteiger partial charge in [0.05, 0.1) is 11.7 Å². The maximum Gasteiger partial charge on any atom is 0.224 e. The summed E-state index contributed by atoms with van der Waals surface area (Å²) in [4.78, 5) is 20.5. The lowest BCUT2D eigenvalue weighted by molar-refractivity contribution is 0.101. The Kier molecular flexibility index (Phi) is 5.01. The van der Waals surface area contributed by atoms with Crippen LogP contribution in [-0.2, 0) is 0 Å². The molecule has 1 fully saturated rings. The molecule has 1 heterocycles. The molecule has 0 spiro atoms. The minimum Gasteiger partial charge on any atom is -0.393 e. The third-order valence-electron chi connectivity index (χ3n) is 3.69. The Morgan fingerprint density at radius 3 is 2.45 bits per heavy atom. The van der Waals surface area contributed by atoms with Gasteiger partial charge in [0.1, 0.15) is 5.82 Å². The summed E-state index contributed by atoms with van der Waals surface area (Å²) in [5.41, 5.74) is 0.310. The summed E-state index contributed by atoms with van der Waals surface area (Å²) >= 11 is 0. The Morgan fingerprint density at radius 1 is 1.27 bits per heavy atom. The smallest absolute Gasteiger partial charge is 0.224 e. The molecule has 22 heavy (non-hydrogen) atoms. The van der Waals surface area contributed by atoms with E-state index in [9.17, 15) is 9.90 Å². The van der Waals surface area contributed by atoms with E-state index in [1.54, 1.807) is 6.20 Å². The second-order valence-corrected chi connectivity index (χ2v) is 7.04. The SMILES string of the molecule is CC(=O)c1cnc(N[C@H]2CC[C@H](O)CC2)nc1NC(C)(C)C. The van der Waals surface area contributed by atoms with Gasteiger partial charge in [0, 0.05) is 17.8 Å². The van der Waals surface area contributed by atoms with Crippen LogP contribution in [0.4, 0.5) is 11.8 Å². The number of ketones is 1. The van der Waals surface area contributed by atoms with E-state index in [0.717, 1.165) is 25.7 Å². The van der Waals surface area contributed by atoms with E-state index < -0.39 is 0 Å². The molecule has 1 saturated carbocycles. The van der Waals surface area contributed by atoms with E-state index in [-0.39, 0.29) is 23.5 Å². The highest BCUT2D eigenvalue weighted by Crippen LogP contribution is 2.23. The highest BCUT2D eigenvalue weighted by Gasteiger charge is 2.21. The third-order valence-corrected chi connectivity index (χ3v) is 3.69. The number of carbonyl (C=O) groups is 1. The summed E-state index contributed by atoms with van der Waals surface area (Å²) in [6, 6.07) is 0.272. The van der Waals surface area contributed by atoms with Crippen molar-refractivity contribution >= 4 is 17.5 Å². The molecule has 0 aromatic carbocycles. The number of hydrogen-bond donors (Lipinski definition) is 3. The van der Waals surface area contributed by atoms with Crippen LogP contribution in [0.5, 0.6) is 0 Å². The highest BCUT2D eigenvalue weighted by atomic mass is 16.3. The Bertz CT molecular complexity index is 531. The molecular formula is C16H26N4O2. The first-order chi connectivity index (χ1) is 10.2. The lowest BCUT2D eigenvalue weighted by Crippen LogP contribution is -2.30. The lowest BCUT2D eigenvalue weighted by atomic mass is 9.93. The predicted octanol–water partition coefficient (Wildman–Crippen LogP) is 2.61. The van der Waals surface area contributed by atoms with E-state index in [2.05, 4.69) is 20.6 Å². The summed E-state index contributed by atoms with van der Waals surface area (Å²) in [6.45, 7) is 7.58. The maximum absolute atomic E-state index is 11.7. The fourth-order valence-electron chi connectivity index (χ4n) is 2.56. The van der Waals surface area contributed by atoms with Crippen LogP contribution in [-0.4, -0.2) is 38.5 Å². The number of aliphatic hydroxyl groups is 1. The van der Waals surface area contributed by atoms with Crippen LogP contribution in [0.3, 0.4) is 0 Å². The molecule has 0 saturated heterocycles. The zero-order chi connectivity index (χ0) is 16.3. The first-order valence-corrected chi connectivity index (χ1v) is 7.85. The van der Waals surface area contributed by atoms with Gasteiger partial charge in [0.25, 0.3) is 0 Å². The molecule has 122 valence electrons. The summed E-state index contributed by atoms with van der Waals surface area (Å²) in [7, 11) is 0. The number of anilines is 2. The summed E-state index contributed by atoms with van der Waals surface area (Å²) in [5, 5.41) is 16.1. The molecular weight excluding hydrogens is 280 g/mol. The highest BCUT2D eigenvalue weighted by molar-refractivity contribution is 5.98. The van der Waals surface area contributed by atoms with Crippen molar-refractivity contribution in [2.45, 2.75) is 71.1 Å². The number of nitrogens with one attached hydrogen (secondary N) is 2. The zero-order valence-electron chi connectivity index (χ0n) is 13.8. The van der Waals surface area contributed by atoms with Crippen molar-refractivity contribution in [1.82, 2.24) is 9.97 Å². The van der Waals surface area contributed by atoms with Crippen LogP contribution in [0.15, 0.2) is 6.20 Å². The molecule has 0 aliphatic heterocycles. The van der Waals surface area contributed by atoms with Crippen molar-refractivity contribution in [3.8, 4) is 0 Å². The third kappa shape index (κ3) is 4.66. The lowest BCUT2D eigenvalue weighted by Gasteiger charge is -2.27. The zero-order valence-corrected chi connectivity index (χ0v) is 13.8. The molecule has 0 radical (unpaired) electrons. The second-order valence-electron chi connectivity index (χ2n) is 7.04. The van der Waals surface area contributed by atoms with Gasteiger partial charge in [-0.25, -0.2) is 4.98 Å². The summed E-state index contributed by atoms with van der Waals surface area (Å²) in [6.07, 6.45) is 4.80. The normalized spacial score (nSPS) is 22.2. The minimum absolute atomic E-state index is 0.0564. The van der Waals surface area contributed by atoms with Crippen molar-refractivity contribution in [2.24, 2.45) is 0 Å². The van der Waals surface area contributed by atoms with Crippen LogP contribution >= 0.6 is 0 Å². The van der Waals surface area contributed by atoms with Crippen molar-refractivity contribution in [3.63, 3.8) is 0 Å². The molecule has 3 N–H and O–H groups in total. The number of nitrogens with zero attached hydrogens (tertiary/aromatic N) is 2. The van der Waals surface area contributed by atoms with Gasteiger partial charge in [0.2, 0.25) is 5.95 Å². The van der Waals surface area contributed by atoms with Gasteiger partial charge >= 0.3 is 0 Å². The molecule has 0 atom stereocenters. The predicted molar refractivity (Wildman–Crippen MR) is 87.3 cm³/mol. The van der Waals surface area contributed by atoms with Gasteiger partial charge in [-0.15, -0.1) is 0 Å². The van der Waals surface area contributed by atoms with Crippen LogP contribution in [0.2, 0.25) is 0 Å². The molecule has 0 bridgehead atoms. The monoisotopic (exact) mass is 306 g/mol. The molecule has 0 unspecified atom stereocenters. The number of aromatic nitrogens is 2. The fraction of sp³-hybridized carbons (Fsp3) is 0.688. The maximum atomic E-state index is 11.7. The standard InChI is InChI=1S/C16H26N4O2/c1-10(21)13-9-17-15(19-14(13)20-16(2,3)4)18-11-5-7-12(22)8-6-11/h9,11-12,22H,5-8H2,1-4H3,(H2,17,18,19,20)/t11-,12-. The van der Waals surface area contributed by atoms with E-state index in [1.807, 2.05) is 20.8 Å². The Morgan fingerprint density at radius 2 is 1.91 bits per heavy atom. The Labute approximate surface area is 131 Å². The minimum atomic E-state index is -0.190. The average Bonchev–Trinajstić information content (AvgIpc) is 2.39. The van der Waals surface area contributed by atoms with Crippen LogP contribution in [0.1, 0.15) is 63.7 Å². The van der Waals surface area contributed by atoms with E-state index in [1.165, 1.54) is 6.92 Å². The molecule has 1 aliphatic carbocycles. The Balaban J connectivity index is 2.15. The summed E-state index contributed by atoms with van der Waals surface area (Å²) in [5.74, 6) is 1.03. The summed E-state index contributed by atoms with van der Waals surface area (Å²) < 4.78 is 0. The van der Waals surface area contributed by atoms with Gasteiger partial charge < -0.3 is 15.7 Å². The number of Topliss-reactive ketones (excluding diaryl/α,β-unsaturated/α-hetero) is 1. The van der Waals surface area contributed by atoms with E-state index in [0.29, 0.717) is 17.3 Å². The van der Waals surface area contributed by atoms with Gasteiger partial charge in [-0.1, -0.05) is 0 Å². The fourth-order valence-corrected chi connectivity index (χ4v) is 2.56. The molecule has 6 nitrogen and oxygen atoms in total. The largest absolute Gasteiger partial charge is 0.393 e. The number of carbonyl (C=O) groups excluding carboxylic acids is 1. The van der Waals surface area contributed by atoms with E-state index >= 15 is 0 Å². The quantitative estimate of drug-likeness (QED) is 0.741. The van der Waals surface area contributed by atoms with E-state index in [4.69, 9.17) is 0 Å². The number of rotatable bonds is 4.